The number of rotatable bonds is 10. The van der Waals surface area contributed by atoms with Crippen molar-refractivity contribution in [3.63, 3.8) is 0 Å². The Kier molecular flexibility index (Phi) is 9.51. The summed E-state index contributed by atoms with van der Waals surface area (Å²) in [6.07, 6.45) is 3.54. The number of nitro groups is 2. The minimum atomic E-state index is -0.863. The number of hydrogen-bond acceptors (Lipinski definition) is 11. The highest BCUT2D eigenvalue weighted by molar-refractivity contribution is 7.98. The van der Waals surface area contributed by atoms with Crippen LogP contribution in [0.3, 0.4) is 0 Å². The van der Waals surface area contributed by atoms with Crippen molar-refractivity contribution < 1.29 is 24.1 Å². The molecule has 0 bridgehead atoms. The first-order valence-corrected chi connectivity index (χ1v) is 16.9. The number of non-ortho nitro benzene ring substituents is 1. The molecule has 0 saturated carbocycles. The van der Waals surface area contributed by atoms with Crippen LogP contribution in [0, 0.1) is 20.2 Å². The molecule has 49 heavy (non-hydrogen) atoms. The lowest BCUT2D eigenvalue weighted by molar-refractivity contribution is -0.394. The fraction of sp³-hybridized carbons (Fsp3) is 0.114. The van der Waals surface area contributed by atoms with Crippen LogP contribution in [-0.4, -0.2) is 33.2 Å². The van der Waals surface area contributed by atoms with E-state index in [1.165, 1.54) is 4.57 Å². The average molecular weight is 695 g/mol. The molecular formula is C35H26N4O8S2. The average Bonchev–Trinajstić information content (AvgIpc) is 3.42. The molecule has 4 aromatic carbocycles. The molecule has 0 radical (unpaired) electrons. The third-order valence-electron chi connectivity index (χ3n) is 7.58. The highest BCUT2D eigenvalue weighted by Crippen LogP contribution is 2.37. The molecule has 5 aromatic rings. The molecule has 0 amide bonds. The summed E-state index contributed by atoms with van der Waals surface area (Å²) < 4.78 is 13.2. The van der Waals surface area contributed by atoms with Crippen LogP contribution in [0.1, 0.15) is 29.7 Å². The molecule has 12 nitrogen and oxygen atoms in total. The molecule has 1 aromatic heterocycles. The fourth-order valence-corrected chi connectivity index (χ4v) is 6.74. The van der Waals surface area contributed by atoms with E-state index in [2.05, 4.69) is 0 Å². The number of thiazole rings is 1. The lowest BCUT2D eigenvalue weighted by atomic mass is 9.93. The van der Waals surface area contributed by atoms with Crippen LogP contribution < -0.4 is 19.6 Å². The Morgan fingerprint density at radius 2 is 1.67 bits per heavy atom. The number of fused-ring (bicyclic) bond motifs is 1. The summed E-state index contributed by atoms with van der Waals surface area (Å²) in [7, 11) is 0. The minimum absolute atomic E-state index is 0.122. The van der Waals surface area contributed by atoms with Crippen LogP contribution in [0.5, 0.6) is 11.5 Å². The molecule has 0 saturated heterocycles. The summed E-state index contributed by atoms with van der Waals surface area (Å²) in [5.41, 5.74) is 0.919. The van der Waals surface area contributed by atoms with Crippen molar-refractivity contribution in [1.29, 1.82) is 0 Å². The lowest BCUT2D eigenvalue weighted by Crippen LogP contribution is -2.40. The largest absolute Gasteiger partial charge is 0.463 e. The molecule has 14 heteroatoms. The van der Waals surface area contributed by atoms with Gasteiger partial charge >= 0.3 is 11.7 Å². The van der Waals surface area contributed by atoms with Crippen LogP contribution in [0.4, 0.5) is 11.4 Å². The molecule has 246 valence electrons. The highest BCUT2D eigenvalue weighted by atomic mass is 32.2. The zero-order chi connectivity index (χ0) is 34.7. The second-order valence-corrected chi connectivity index (χ2v) is 12.4. The van der Waals surface area contributed by atoms with Crippen molar-refractivity contribution in [3.8, 4) is 11.5 Å². The summed E-state index contributed by atoms with van der Waals surface area (Å²) in [4.78, 5) is 55.7. The van der Waals surface area contributed by atoms with E-state index in [0.717, 1.165) is 34.4 Å². The van der Waals surface area contributed by atoms with Crippen LogP contribution in [-0.2, 0) is 9.53 Å². The number of nitrogens with zero attached hydrogens (tertiary/aromatic N) is 4. The Bertz CT molecular complexity index is 2320. The van der Waals surface area contributed by atoms with Gasteiger partial charge in [-0.15, -0.1) is 11.8 Å². The van der Waals surface area contributed by atoms with E-state index in [1.54, 1.807) is 49.0 Å². The van der Waals surface area contributed by atoms with Gasteiger partial charge in [0, 0.05) is 22.1 Å². The van der Waals surface area contributed by atoms with Crippen molar-refractivity contribution in [3.05, 3.63) is 159 Å². The van der Waals surface area contributed by atoms with Gasteiger partial charge < -0.3 is 9.47 Å². The van der Waals surface area contributed by atoms with E-state index in [0.29, 0.717) is 27.2 Å². The first-order chi connectivity index (χ1) is 23.7. The van der Waals surface area contributed by atoms with Gasteiger partial charge in [-0.1, -0.05) is 72.0 Å². The van der Waals surface area contributed by atoms with Gasteiger partial charge in [-0.05, 0) is 49.1 Å². The smallest absolute Gasteiger partial charge is 0.338 e. The van der Waals surface area contributed by atoms with Crippen molar-refractivity contribution >= 4 is 52.2 Å². The number of hydrogen-bond donors (Lipinski definition) is 0. The van der Waals surface area contributed by atoms with E-state index < -0.39 is 38.8 Å². The Morgan fingerprint density at radius 1 is 0.959 bits per heavy atom. The Hall–Kier alpha value is -5.86. The summed E-state index contributed by atoms with van der Waals surface area (Å²) in [6, 6.07) is 25.6. The van der Waals surface area contributed by atoms with Gasteiger partial charge in [-0.2, -0.15) is 0 Å². The zero-order valence-electron chi connectivity index (χ0n) is 26.0. The van der Waals surface area contributed by atoms with Crippen LogP contribution in [0.2, 0.25) is 0 Å². The normalized spacial score (nSPS) is 14.2. The monoisotopic (exact) mass is 694 g/mol. The minimum Gasteiger partial charge on any atom is -0.463 e. The summed E-state index contributed by atoms with van der Waals surface area (Å²) in [6.45, 7) is 1.83. The van der Waals surface area contributed by atoms with Gasteiger partial charge in [-0.3, -0.25) is 29.6 Å². The summed E-state index contributed by atoms with van der Waals surface area (Å²) in [5, 5.41) is 23.0. The summed E-state index contributed by atoms with van der Waals surface area (Å²) >= 11 is 2.68. The number of ether oxygens (including phenoxy) is 2. The molecule has 1 aliphatic heterocycles. The molecule has 1 aliphatic rings. The molecule has 0 unspecified atom stereocenters. The molecule has 6 rings (SSSR count). The first-order valence-electron chi connectivity index (χ1n) is 14.8. The van der Waals surface area contributed by atoms with E-state index in [9.17, 15) is 29.8 Å². The van der Waals surface area contributed by atoms with E-state index in [1.807, 2.05) is 60.9 Å². The van der Waals surface area contributed by atoms with Gasteiger partial charge in [0.2, 0.25) is 5.75 Å². The van der Waals surface area contributed by atoms with Crippen LogP contribution in [0.15, 0.2) is 117 Å². The Balaban J connectivity index is 1.54. The lowest BCUT2D eigenvalue weighted by Gasteiger charge is -2.26. The van der Waals surface area contributed by atoms with Gasteiger partial charge in [0.1, 0.15) is 5.75 Å². The van der Waals surface area contributed by atoms with Crippen molar-refractivity contribution in [2.24, 2.45) is 4.99 Å². The maximum absolute atomic E-state index is 14.3. The standard InChI is InChI=1S/C35H26N4O8S2/c1-3-46-34(41)30-31(21-9-5-4-6-10-21)36-35-37(32(30)22-13-16-25(48-2)17-14-22)33(40)29(49-35)19-23-11-7-8-12-27(23)47-28-18-15-24(38(42)43)20-26(28)39(44)45/h4-20,32H,3H2,1-2H3/b29-19+/t32-/m1/s1. The second-order valence-electron chi connectivity index (χ2n) is 10.5. The molecule has 0 fully saturated rings. The predicted octanol–water partition coefficient (Wildman–Crippen LogP) is 6.27. The number of para-hydroxylation sites is 1. The number of nitro benzene ring substituents is 2. The molecule has 0 aliphatic carbocycles. The van der Waals surface area contributed by atoms with Gasteiger partial charge in [0.15, 0.2) is 4.80 Å². The topological polar surface area (TPSA) is 156 Å². The van der Waals surface area contributed by atoms with Crippen LogP contribution in [0.25, 0.3) is 11.8 Å². The zero-order valence-corrected chi connectivity index (χ0v) is 27.6. The number of carbonyl (C=O) groups is 1. The van der Waals surface area contributed by atoms with Crippen molar-refractivity contribution in [1.82, 2.24) is 4.57 Å². The third-order valence-corrected chi connectivity index (χ3v) is 9.31. The number of carbonyl (C=O) groups excluding carboxylic acids is 1. The van der Waals surface area contributed by atoms with E-state index in [-0.39, 0.29) is 28.2 Å². The highest BCUT2D eigenvalue weighted by Gasteiger charge is 2.35. The van der Waals surface area contributed by atoms with Gasteiger partial charge in [-0.25, -0.2) is 9.79 Å². The number of benzene rings is 4. The number of thioether (sulfide) groups is 1. The molecule has 1 atom stereocenters. The van der Waals surface area contributed by atoms with Gasteiger partial charge in [0.25, 0.3) is 11.2 Å². The molecule has 0 N–H and O–H groups in total. The SMILES string of the molecule is CCOC(=O)C1=C(c2ccccc2)N=c2s/c(=C/c3ccccc3Oc3ccc([N+](=O)[O-])cc3[N+](=O)[O-])c(=O)n2[C@@H]1c1ccc(SC)cc1. The molecule has 0 spiro atoms. The fourth-order valence-electron chi connectivity index (χ4n) is 5.34. The summed E-state index contributed by atoms with van der Waals surface area (Å²) in [5.74, 6) is -0.633. The van der Waals surface area contributed by atoms with Crippen molar-refractivity contribution in [2.45, 2.75) is 17.9 Å². The van der Waals surface area contributed by atoms with Crippen LogP contribution >= 0.6 is 23.1 Å². The quantitative estimate of drug-likeness (QED) is 0.0712. The molecular weight excluding hydrogens is 669 g/mol. The van der Waals surface area contributed by atoms with Crippen molar-refractivity contribution in [2.75, 3.05) is 12.9 Å². The maximum Gasteiger partial charge on any atom is 0.338 e. The second kappa shape index (κ2) is 14.1. The first kappa shape index (κ1) is 33.1. The predicted molar refractivity (Wildman–Crippen MR) is 186 cm³/mol. The van der Waals surface area contributed by atoms with E-state index >= 15 is 0 Å². The van der Waals surface area contributed by atoms with Gasteiger partial charge in [0.05, 0.1) is 44.4 Å². The Morgan fingerprint density at radius 3 is 2.35 bits per heavy atom. The number of aromatic nitrogens is 1. The number of esters is 1. The molecule has 2 heterocycles. The Labute approximate surface area is 286 Å². The maximum atomic E-state index is 14.3. The third kappa shape index (κ3) is 6.64. The van der Waals surface area contributed by atoms with E-state index in [4.69, 9.17) is 14.5 Å².